The standard InChI is InChI=1S/C17H17FN4/c18-14-5-1-4-13-16(7-8-19-17(13)14)22-10-2-3-12(11-22)15-6-9-20-21-15/h1,4-9,12H,2-3,10-11H2,(H,20,21)/t12-/m1/s1. The number of hydrogen-bond acceptors (Lipinski definition) is 3. The number of pyridine rings is 1. The molecular formula is C17H17FN4. The summed E-state index contributed by atoms with van der Waals surface area (Å²) < 4.78 is 13.9. The van der Waals surface area contributed by atoms with Crippen molar-refractivity contribution >= 4 is 16.6 Å². The summed E-state index contributed by atoms with van der Waals surface area (Å²) in [4.78, 5) is 6.52. The van der Waals surface area contributed by atoms with E-state index in [2.05, 4.69) is 20.1 Å². The van der Waals surface area contributed by atoms with Gasteiger partial charge in [-0.2, -0.15) is 5.10 Å². The zero-order chi connectivity index (χ0) is 14.9. The van der Waals surface area contributed by atoms with Crippen molar-refractivity contribution in [1.82, 2.24) is 15.2 Å². The number of halogens is 1. The summed E-state index contributed by atoms with van der Waals surface area (Å²) in [5, 5.41) is 8.01. The summed E-state index contributed by atoms with van der Waals surface area (Å²) in [5.41, 5.74) is 2.69. The van der Waals surface area contributed by atoms with Gasteiger partial charge in [-0.05, 0) is 31.0 Å². The Morgan fingerprint density at radius 2 is 2.14 bits per heavy atom. The topological polar surface area (TPSA) is 44.8 Å². The van der Waals surface area contributed by atoms with Crippen molar-refractivity contribution < 1.29 is 4.39 Å². The van der Waals surface area contributed by atoms with Crippen LogP contribution in [0.25, 0.3) is 10.9 Å². The maximum Gasteiger partial charge on any atom is 0.149 e. The van der Waals surface area contributed by atoms with Crippen LogP contribution in [0.15, 0.2) is 42.7 Å². The molecular weight excluding hydrogens is 279 g/mol. The minimum atomic E-state index is -0.263. The second kappa shape index (κ2) is 5.40. The van der Waals surface area contributed by atoms with E-state index >= 15 is 0 Å². The van der Waals surface area contributed by atoms with Gasteiger partial charge in [0.15, 0.2) is 0 Å². The van der Waals surface area contributed by atoms with Crippen LogP contribution in [0.5, 0.6) is 0 Å². The summed E-state index contributed by atoms with van der Waals surface area (Å²) in [7, 11) is 0. The van der Waals surface area contributed by atoms with Crippen LogP contribution >= 0.6 is 0 Å². The minimum absolute atomic E-state index is 0.263. The number of benzene rings is 1. The molecule has 3 aromatic rings. The van der Waals surface area contributed by atoms with Gasteiger partial charge in [-0.25, -0.2) is 4.39 Å². The first kappa shape index (κ1) is 13.2. The molecule has 4 rings (SSSR count). The first-order valence-corrected chi connectivity index (χ1v) is 7.60. The van der Waals surface area contributed by atoms with E-state index in [0.717, 1.165) is 37.0 Å². The molecule has 0 saturated carbocycles. The third-order valence-corrected chi connectivity index (χ3v) is 4.42. The van der Waals surface area contributed by atoms with Gasteiger partial charge in [-0.3, -0.25) is 10.1 Å². The number of piperidine rings is 1. The van der Waals surface area contributed by atoms with Gasteiger partial charge in [-0.1, -0.05) is 12.1 Å². The van der Waals surface area contributed by atoms with E-state index in [4.69, 9.17) is 0 Å². The highest BCUT2D eigenvalue weighted by Gasteiger charge is 2.23. The zero-order valence-electron chi connectivity index (χ0n) is 12.2. The van der Waals surface area contributed by atoms with Gasteiger partial charge in [0, 0.05) is 48.2 Å². The van der Waals surface area contributed by atoms with E-state index in [1.54, 1.807) is 18.5 Å². The maximum atomic E-state index is 13.9. The molecule has 4 nitrogen and oxygen atoms in total. The Balaban J connectivity index is 1.71. The van der Waals surface area contributed by atoms with Crippen LogP contribution in [0, 0.1) is 5.82 Å². The van der Waals surface area contributed by atoms with Crippen molar-refractivity contribution in [2.24, 2.45) is 0 Å². The average molecular weight is 296 g/mol. The fraction of sp³-hybridized carbons (Fsp3) is 0.294. The lowest BCUT2D eigenvalue weighted by molar-refractivity contribution is 0.501. The lowest BCUT2D eigenvalue weighted by atomic mass is 9.94. The van der Waals surface area contributed by atoms with Crippen molar-refractivity contribution in [2.45, 2.75) is 18.8 Å². The van der Waals surface area contributed by atoms with Crippen LogP contribution in [0.2, 0.25) is 0 Å². The third kappa shape index (κ3) is 2.22. The molecule has 112 valence electrons. The molecule has 0 aliphatic carbocycles. The Morgan fingerprint density at radius 1 is 1.18 bits per heavy atom. The molecule has 1 N–H and O–H groups in total. The number of hydrogen-bond donors (Lipinski definition) is 1. The number of nitrogens with zero attached hydrogens (tertiary/aromatic N) is 3. The minimum Gasteiger partial charge on any atom is -0.370 e. The van der Waals surface area contributed by atoms with Crippen LogP contribution in [-0.4, -0.2) is 28.3 Å². The van der Waals surface area contributed by atoms with Crippen LogP contribution < -0.4 is 4.90 Å². The van der Waals surface area contributed by atoms with Crippen molar-refractivity contribution in [3.05, 3.63) is 54.2 Å². The molecule has 1 aliphatic heterocycles. The molecule has 1 fully saturated rings. The first-order valence-electron chi connectivity index (χ1n) is 7.60. The van der Waals surface area contributed by atoms with Crippen LogP contribution in [0.1, 0.15) is 24.5 Å². The fourth-order valence-electron chi connectivity index (χ4n) is 3.34. The van der Waals surface area contributed by atoms with Gasteiger partial charge < -0.3 is 4.90 Å². The van der Waals surface area contributed by atoms with Gasteiger partial charge in [0.25, 0.3) is 0 Å². The Hall–Kier alpha value is -2.43. The molecule has 22 heavy (non-hydrogen) atoms. The zero-order valence-corrected chi connectivity index (χ0v) is 12.2. The molecule has 1 saturated heterocycles. The summed E-state index contributed by atoms with van der Waals surface area (Å²) in [6.45, 7) is 1.90. The summed E-state index contributed by atoms with van der Waals surface area (Å²) in [6, 6.07) is 9.18. The molecule has 1 atom stereocenters. The van der Waals surface area contributed by atoms with Gasteiger partial charge >= 0.3 is 0 Å². The molecule has 0 spiro atoms. The van der Waals surface area contributed by atoms with Crippen molar-refractivity contribution in [1.29, 1.82) is 0 Å². The van der Waals surface area contributed by atoms with Crippen LogP contribution in [0.3, 0.4) is 0 Å². The number of aromatic nitrogens is 3. The van der Waals surface area contributed by atoms with Crippen molar-refractivity contribution in [3.63, 3.8) is 0 Å². The number of rotatable bonds is 2. The SMILES string of the molecule is Fc1cccc2c(N3CCC[C@@H](c4ccn[nH]4)C3)ccnc12. The highest BCUT2D eigenvalue weighted by Crippen LogP contribution is 2.32. The Bertz CT molecular complexity index is 784. The normalized spacial score (nSPS) is 18.8. The molecule has 1 aromatic carbocycles. The second-order valence-corrected chi connectivity index (χ2v) is 5.76. The summed E-state index contributed by atoms with van der Waals surface area (Å²) in [5.74, 6) is 0.175. The van der Waals surface area contributed by atoms with Crippen LogP contribution in [0.4, 0.5) is 10.1 Å². The Morgan fingerprint density at radius 3 is 3.00 bits per heavy atom. The van der Waals surface area contributed by atoms with E-state index in [9.17, 15) is 4.39 Å². The predicted molar refractivity (Wildman–Crippen MR) is 84.5 cm³/mol. The van der Waals surface area contributed by atoms with E-state index in [1.165, 1.54) is 11.8 Å². The number of para-hydroxylation sites is 1. The van der Waals surface area contributed by atoms with E-state index < -0.39 is 0 Å². The summed E-state index contributed by atoms with van der Waals surface area (Å²) in [6.07, 6.45) is 5.75. The molecule has 5 heteroatoms. The van der Waals surface area contributed by atoms with Crippen LogP contribution in [-0.2, 0) is 0 Å². The van der Waals surface area contributed by atoms with E-state index in [0.29, 0.717) is 11.4 Å². The summed E-state index contributed by atoms with van der Waals surface area (Å²) >= 11 is 0. The second-order valence-electron chi connectivity index (χ2n) is 5.76. The maximum absolute atomic E-state index is 13.9. The van der Waals surface area contributed by atoms with Crippen molar-refractivity contribution in [2.75, 3.05) is 18.0 Å². The average Bonchev–Trinajstić information content (AvgIpc) is 3.09. The quantitative estimate of drug-likeness (QED) is 0.787. The highest BCUT2D eigenvalue weighted by atomic mass is 19.1. The Kier molecular flexibility index (Phi) is 3.25. The lowest BCUT2D eigenvalue weighted by Crippen LogP contribution is -2.34. The highest BCUT2D eigenvalue weighted by molar-refractivity contribution is 5.91. The number of nitrogens with one attached hydrogen (secondary N) is 1. The number of aromatic amines is 1. The van der Waals surface area contributed by atoms with Gasteiger partial charge in [0.2, 0.25) is 0 Å². The number of H-pyrrole nitrogens is 1. The predicted octanol–water partition coefficient (Wildman–Crippen LogP) is 3.48. The largest absolute Gasteiger partial charge is 0.370 e. The van der Waals surface area contributed by atoms with E-state index in [1.807, 2.05) is 18.2 Å². The molecule has 0 bridgehead atoms. The smallest absolute Gasteiger partial charge is 0.149 e. The van der Waals surface area contributed by atoms with Gasteiger partial charge in [0.1, 0.15) is 11.3 Å². The molecule has 1 aliphatic rings. The number of anilines is 1. The molecule has 0 radical (unpaired) electrons. The molecule has 3 heterocycles. The Labute approximate surface area is 128 Å². The monoisotopic (exact) mass is 296 g/mol. The van der Waals surface area contributed by atoms with Gasteiger partial charge in [-0.15, -0.1) is 0 Å². The third-order valence-electron chi connectivity index (χ3n) is 4.42. The lowest BCUT2D eigenvalue weighted by Gasteiger charge is -2.34. The first-order chi connectivity index (χ1) is 10.8. The molecule has 2 aromatic heterocycles. The number of fused-ring (bicyclic) bond motifs is 1. The molecule has 0 unspecified atom stereocenters. The van der Waals surface area contributed by atoms with Crippen molar-refractivity contribution in [3.8, 4) is 0 Å². The molecule has 0 amide bonds. The van der Waals surface area contributed by atoms with Gasteiger partial charge in [0.05, 0.1) is 0 Å². The van der Waals surface area contributed by atoms with E-state index in [-0.39, 0.29) is 5.82 Å². The fourth-order valence-corrected chi connectivity index (χ4v) is 3.34.